The van der Waals surface area contributed by atoms with Gasteiger partial charge >= 0.3 is 0 Å². The van der Waals surface area contributed by atoms with Crippen molar-refractivity contribution >= 4 is 23.6 Å². The zero-order chi connectivity index (χ0) is 21.2. The summed E-state index contributed by atoms with van der Waals surface area (Å²) in [7, 11) is 3.11. The summed E-state index contributed by atoms with van der Waals surface area (Å²) in [5, 5.41) is 2.87. The number of hydrogen-bond donors (Lipinski definition) is 1. The van der Waals surface area contributed by atoms with E-state index in [1.807, 2.05) is 50.2 Å². The molecule has 0 spiro atoms. The maximum Gasteiger partial charge on any atom is 0.247 e. The number of rotatable bonds is 9. The quantitative estimate of drug-likeness (QED) is 0.653. The first-order valence-corrected chi connectivity index (χ1v) is 9.53. The summed E-state index contributed by atoms with van der Waals surface area (Å²) in [6.45, 7) is 4.36. The van der Waals surface area contributed by atoms with E-state index >= 15 is 0 Å². The van der Waals surface area contributed by atoms with Gasteiger partial charge in [0.2, 0.25) is 11.8 Å². The third kappa shape index (κ3) is 6.10. The third-order valence-corrected chi connectivity index (χ3v) is 4.40. The van der Waals surface area contributed by atoms with E-state index in [9.17, 15) is 9.59 Å². The van der Waals surface area contributed by atoms with Crippen molar-refractivity contribution in [2.24, 2.45) is 0 Å². The Bertz CT molecular complexity index is 877. The fraction of sp³-hybridized carbons (Fsp3) is 0.304. The van der Waals surface area contributed by atoms with Crippen LogP contribution in [0.15, 0.2) is 48.5 Å². The highest BCUT2D eigenvalue weighted by Gasteiger charge is 2.15. The number of para-hydroxylation sites is 2. The molecule has 2 amide bonds. The van der Waals surface area contributed by atoms with E-state index in [1.165, 1.54) is 11.0 Å². The molecule has 0 radical (unpaired) electrons. The molecule has 6 heteroatoms. The molecule has 0 aromatic heterocycles. The molecule has 29 heavy (non-hydrogen) atoms. The first-order valence-electron chi connectivity index (χ1n) is 9.53. The molecule has 0 aliphatic carbocycles. The van der Waals surface area contributed by atoms with E-state index in [0.717, 1.165) is 23.2 Å². The molecule has 2 rings (SSSR count). The second kappa shape index (κ2) is 10.9. The van der Waals surface area contributed by atoms with Crippen LogP contribution in [0.2, 0.25) is 0 Å². The molecule has 0 saturated carbocycles. The molecule has 0 aliphatic rings. The zero-order valence-corrected chi connectivity index (χ0v) is 17.4. The molecule has 0 saturated heterocycles. The van der Waals surface area contributed by atoms with Crippen LogP contribution >= 0.6 is 0 Å². The smallest absolute Gasteiger partial charge is 0.247 e. The molecule has 6 nitrogen and oxygen atoms in total. The van der Waals surface area contributed by atoms with Crippen molar-refractivity contribution < 1.29 is 19.1 Å². The fourth-order valence-electron chi connectivity index (χ4n) is 2.92. The Morgan fingerprint density at radius 2 is 1.83 bits per heavy atom. The molecule has 2 aromatic carbocycles. The van der Waals surface area contributed by atoms with Gasteiger partial charge in [-0.2, -0.15) is 0 Å². The zero-order valence-electron chi connectivity index (χ0n) is 17.4. The van der Waals surface area contributed by atoms with Gasteiger partial charge in [-0.1, -0.05) is 37.3 Å². The lowest BCUT2D eigenvalue weighted by molar-refractivity contribution is -0.130. The summed E-state index contributed by atoms with van der Waals surface area (Å²) in [6.07, 6.45) is 3.87. The highest BCUT2D eigenvalue weighted by molar-refractivity contribution is 5.98. The Kier molecular flexibility index (Phi) is 8.27. The fourth-order valence-corrected chi connectivity index (χ4v) is 2.92. The summed E-state index contributed by atoms with van der Waals surface area (Å²) in [5.41, 5.74) is 2.44. The minimum atomic E-state index is -0.239. The lowest BCUT2D eigenvalue weighted by Crippen LogP contribution is -2.37. The topological polar surface area (TPSA) is 67.9 Å². The standard InChI is InChI=1S/C23H28N2O4/c1-5-15-25(16-21(26)24-19-11-7-6-9-17(19)2)22(27)14-13-18-10-8-12-20(28-3)23(18)29-4/h6-14H,5,15-16H2,1-4H3,(H,24,26). The SMILES string of the molecule is CCCN(CC(=O)Nc1ccccc1C)C(=O)C=Cc1cccc(OC)c1OC. The van der Waals surface area contributed by atoms with Gasteiger partial charge < -0.3 is 19.7 Å². The van der Waals surface area contributed by atoms with Crippen molar-refractivity contribution in [3.63, 3.8) is 0 Å². The predicted molar refractivity (Wildman–Crippen MR) is 115 cm³/mol. The normalized spacial score (nSPS) is 10.6. The number of aryl methyl sites for hydroxylation is 1. The number of methoxy groups -OCH3 is 2. The third-order valence-electron chi connectivity index (χ3n) is 4.40. The minimum absolute atomic E-state index is 0.0133. The highest BCUT2D eigenvalue weighted by atomic mass is 16.5. The van der Waals surface area contributed by atoms with Crippen LogP contribution in [0.25, 0.3) is 6.08 Å². The Balaban J connectivity index is 2.10. The number of carbonyl (C=O) groups excluding carboxylic acids is 2. The highest BCUT2D eigenvalue weighted by Crippen LogP contribution is 2.31. The van der Waals surface area contributed by atoms with Gasteiger partial charge in [0.05, 0.1) is 14.2 Å². The van der Waals surface area contributed by atoms with Crippen molar-refractivity contribution in [3.05, 3.63) is 59.7 Å². The molecule has 0 atom stereocenters. The van der Waals surface area contributed by atoms with Crippen molar-refractivity contribution in [1.29, 1.82) is 0 Å². The summed E-state index contributed by atoms with van der Waals surface area (Å²) < 4.78 is 10.7. The lowest BCUT2D eigenvalue weighted by atomic mass is 10.1. The van der Waals surface area contributed by atoms with Gasteiger partial charge in [-0.05, 0) is 37.1 Å². The molecular formula is C23H28N2O4. The molecule has 154 valence electrons. The number of amides is 2. The van der Waals surface area contributed by atoms with E-state index in [1.54, 1.807) is 26.4 Å². The largest absolute Gasteiger partial charge is 0.493 e. The van der Waals surface area contributed by atoms with Crippen LogP contribution in [0.1, 0.15) is 24.5 Å². The number of anilines is 1. The van der Waals surface area contributed by atoms with Gasteiger partial charge in [-0.25, -0.2) is 0 Å². The number of hydrogen-bond acceptors (Lipinski definition) is 4. The van der Waals surface area contributed by atoms with Crippen LogP contribution in [0.5, 0.6) is 11.5 Å². The molecule has 0 heterocycles. The van der Waals surface area contributed by atoms with Gasteiger partial charge in [0.1, 0.15) is 6.54 Å². The number of nitrogens with one attached hydrogen (secondary N) is 1. The first-order chi connectivity index (χ1) is 14.0. The van der Waals surface area contributed by atoms with Gasteiger partial charge in [-0.15, -0.1) is 0 Å². The monoisotopic (exact) mass is 396 g/mol. The molecule has 0 aliphatic heterocycles. The van der Waals surface area contributed by atoms with Gasteiger partial charge in [0.15, 0.2) is 11.5 Å². The van der Waals surface area contributed by atoms with Crippen molar-refractivity contribution in [2.75, 3.05) is 32.6 Å². The van der Waals surface area contributed by atoms with Crippen LogP contribution in [-0.4, -0.2) is 44.0 Å². The number of carbonyl (C=O) groups is 2. The van der Waals surface area contributed by atoms with Crippen molar-refractivity contribution in [1.82, 2.24) is 4.90 Å². The van der Waals surface area contributed by atoms with Crippen LogP contribution in [-0.2, 0) is 9.59 Å². The van der Waals surface area contributed by atoms with Crippen molar-refractivity contribution in [2.45, 2.75) is 20.3 Å². The number of ether oxygens (including phenoxy) is 2. The molecule has 0 fully saturated rings. The van der Waals surface area contributed by atoms with E-state index < -0.39 is 0 Å². The summed E-state index contributed by atoms with van der Waals surface area (Å²) in [4.78, 5) is 26.7. The Morgan fingerprint density at radius 1 is 1.07 bits per heavy atom. The van der Waals surface area contributed by atoms with E-state index in [2.05, 4.69) is 5.32 Å². The Morgan fingerprint density at radius 3 is 2.48 bits per heavy atom. The average molecular weight is 396 g/mol. The van der Waals surface area contributed by atoms with E-state index in [4.69, 9.17) is 9.47 Å². The summed E-state index contributed by atoms with van der Waals surface area (Å²) in [5.74, 6) is 0.675. The maximum absolute atomic E-state index is 12.7. The van der Waals surface area contributed by atoms with Crippen LogP contribution in [0.3, 0.4) is 0 Å². The lowest BCUT2D eigenvalue weighted by Gasteiger charge is -2.20. The van der Waals surface area contributed by atoms with Crippen molar-refractivity contribution in [3.8, 4) is 11.5 Å². The first kappa shape index (κ1) is 22.0. The number of nitrogens with zero attached hydrogens (tertiary/aromatic N) is 1. The molecule has 0 bridgehead atoms. The van der Waals surface area contributed by atoms with Crippen LogP contribution < -0.4 is 14.8 Å². The Labute approximate surface area is 172 Å². The average Bonchev–Trinajstić information content (AvgIpc) is 2.72. The second-order valence-electron chi connectivity index (χ2n) is 6.54. The van der Waals surface area contributed by atoms with Gasteiger partial charge in [-0.3, -0.25) is 9.59 Å². The Hall–Kier alpha value is -3.28. The molecule has 2 aromatic rings. The van der Waals surface area contributed by atoms with E-state index in [0.29, 0.717) is 18.0 Å². The van der Waals surface area contributed by atoms with Crippen LogP contribution in [0.4, 0.5) is 5.69 Å². The van der Waals surface area contributed by atoms with Crippen LogP contribution in [0, 0.1) is 6.92 Å². The molecule has 1 N–H and O–H groups in total. The minimum Gasteiger partial charge on any atom is -0.493 e. The summed E-state index contributed by atoms with van der Waals surface area (Å²) >= 11 is 0. The predicted octanol–water partition coefficient (Wildman–Crippen LogP) is 3.90. The van der Waals surface area contributed by atoms with Gasteiger partial charge in [0.25, 0.3) is 0 Å². The van der Waals surface area contributed by atoms with E-state index in [-0.39, 0.29) is 18.4 Å². The number of benzene rings is 2. The molecule has 0 unspecified atom stereocenters. The molecular weight excluding hydrogens is 368 g/mol. The second-order valence-corrected chi connectivity index (χ2v) is 6.54. The maximum atomic E-state index is 12.7. The summed E-state index contributed by atoms with van der Waals surface area (Å²) in [6, 6.07) is 13.0. The van der Waals surface area contributed by atoms with Gasteiger partial charge in [0, 0.05) is 23.9 Å².